The number of nitrogens with zero attached hydrogens (tertiary/aromatic N) is 1. The van der Waals surface area contributed by atoms with Crippen molar-refractivity contribution in [2.24, 2.45) is 17.6 Å². The lowest BCUT2D eigenvalue weighted by atomic mass is 9.98. The van der Waals surface area contributed by atoms with Crippen LogP contribution in [0.4, 0.5) is 0 Å². The lowest BCUT2D eigenvalue weighted by Gasteiger charge is -2.18. The lowest BCUT2D eigenvalue weighted by Crippen LogP contribution is -2.31. The van der Waals surface area contributed by atoms with Crippen LogP contribution in [0.15, 0.2) is 48.6 Å². The van der Waals surface area contributed by atoms with Crippen molar-refractivity contribution in [2.45, 2.75) is 174 Å². The number of carbonyl (C=O) groups excluding carboxylic acids is 1. The number of allylic oxidation sites excluding steroid dienone is 8. The maximum atomic E-state index is 12.6. The summed E-state index contributed by atoms with van der Waals surface area (Å²) < 4.78 is 12.3. The van der Waals surface area contributed by atoms with Gasteiger partial charge in [-0.2, -0.15) is 0 Å². The maximum Gasteiger partial charge on any atom is 0.223 e. The quantitative estimate of drug-likeness (QED) is 0.0522. The standard InChI is InChI=1S/C45H82N2O3/c1-3-5-7-9-11-13-15-17-19-21-23-25-27-29-31-33-37-49-41-43-39-47(45(48)35-36-46)40-44(43)42-50-38-34-32-30-28-26-24-22-20-18-16-14-12-10-8-6-4-2/h11-14,17-20,43-44H,3-10,15-16,21-42,46H2,1-2H3/b13-11-,14-12-,19-17-,20-18-/t43-,44-/m0/s1. The van der Waals surface area contributed by atoms with Gasteiger partial charge in [0.1, 0.15) is 0 Å². The molecular weight excluding hydrogens is 617 g/mol. The molecule has 1 fully saturated rings. The molecule has 2 N–H and O–H groups in total. The Morgan fingerprint density at radius 2 is 0.900 bits per heavy atom. The molecule has 0 aliphatic carbocycles. The predicted octanol–water partition coefficient (Wildman–Crippen LogP) is 12.1. The fraction of sp³-hybridized carbons (Fsp3) is 0.800. The molecule has 1 aliphatic rings. The topological polar surface area (TPSA) is 64.8 Å². The van der Waals surface area contributed by atoms with Crippen LogP contribution in [0.5, 0.6) is 0 Å². The maximum absolute atomic E-state index is 12.6. The highest BCUT2D eigenvalue weighted by atomic mass is 16.5. The molecule has 1 amide bonds. The highest BCUT2D eigenvalue weighted by molar-refractivity contribution is 5.76. The highest BCUT2D eigenvalue weighted by Crippen LogP contribution is 2.25. The van der Waals surface area contributed by atoms with Gasteiger partial charge in [-0.15, -0.1) is 0 Å². The van der Waals surface area contributed by atoms with Crippen molar-refractivity contribution >= 4 is 5.91 Å². The number of carbonyl (C=O) groups is 1. The zero-order valence-electron chi connectivity index (χ0n) is 33.2. The van der Waals surface area contributed by atoms with Crippen molar-refractivity contribution < 1.29 is 14.3 Å². The number of ether oxygens (including phenoxy) is 2. The SMILES string of the molecule is CCCCC/C=C\C/C=C\CCCCCCCCOC[C@@H]1CN(C(=O)CCN)C[C@H]1COCCCCCCCC/C=C\C/C=C\CCCCC. The second-order valence-corrected chi connectivity index (χ2v) is 14.7. The summed E-state index contributed by atoms with van der Waals surface area (Å²) in [6.07, 6.45) is 49.3. The molecule has 1 aliphatic heterocycles. The molecule has 5 heteroatoms. The molecule has 50 heavy (non-hydrogen) atoms. The Bertz CT molecular complexity index is 791. The molecule has 5 nitrogen and oxygen atoms in total. The molecular formula is C45H82N2O3. The first kappa shape index (κ1) is 46.3. The summed E-state index contributed by atoms with van der Waals surface area (Å²) in [5.74, 6) is 0.893. The van der Waals surface area contributed by atoms with Crippen LogP contribution in [0, 0.1) is 11.8 Å². The van der Waals surface area contributed by atoms with Crippen LogP contribution in [0.25, 0.3) is 0 Å². The third kappa shape index (κ3) is 28.9. The molecule has 2 atom stereocenters. The second-order valence-electron chi connectivity index (χ2n) is 14.7. The molecule has 1 saturated heterocycles. The van der Waals surface area contributed by atoms with E-state index in [0.29, 0.717) is 24.8 Å². The van der Waals surface area contributed by atoms with E-state index >= 15 is 0 Å². The smallest absolute Gasteiger partial charge is 0.223 e. The van der Waals surface area contributed by atoms with E-state index in [2.05, 4.69) is 62.5 Å². The minimum atomic E-state index is 0.176. The van der Waals surface area contributed by atoms with Crippen molar-refractivity contribution in [3.8, 4) is 0 Å². The number of unbranched alkanes of at least 4 members (excludes halogenated alkanes) is 18. The van der Waals surface area contributed by atoms with Crippen LogP contribution in [0.2, 0.25) is 0 Å². The zero-order valence-corrected chi connectivity index (χ0v) is 33.2. The van der Waals surface area contributed by atoms with E-state index in [4.69, 9.17) is 15.2 Å². The molecule has 0 unspecified atom stereocenters. The van der Waals surface area contributed by atoms with E-state index in [0.717, 1.165) is 65.2 Å². The Morgan fingerprint density at radius 3 is 1.28 bits per heavy atom. The molecule has 1 rings (SSSR count). The van der Waals surface area contributed by atoms with E-state index in [-0.39, 0.29) is 5.91 Å². The van der Waals surface area contributed by atoms with E-state index in [1.807, 2.05) is 4.90 Å². The third-order valence-corrected chi connectivity index (χ3v) is 9.93. The number of nitrogens with two attached hydrogens (primary N) is 1. The summed E-state index contributed by atoms with van der Waals surface area (Å²) >= 11 is 0. The number of rotatable bonds is 36. The average Bonchev–Trinajstić information content (AvgIpc) is 3.53. The summed E-state index contributed by atoms with van der Waals surface area (Å²) in [5.41, 5.74) is 5.68. The van der Waals surface area contributed by atoms with Gasteiger partial charge in [-0.3, -0.25) is 4.79 Å². The van der Waals surface area contributed by atoms with Gasteiger partial charge in [0, 0.05) is 51.1 Å². The Balaban J connectivity index is 2.07. The number of hydrogen-bond acceptors (Lipinski definition) is 4. The van der Waals surface area contributed by atoms with Gasteiger partial charge in [-0.25, -0.2) is 0 Å². The minimum absolute atomic E-state index is 0.176. The van der Waals surface area contributed by atoms with E-state index in [1.54, 1.807) is 0 Å². The molecule has 0 radical (unpaired) electrons. The van der Waals surface area contributed by atoms with Crippen LogP contribution in [0.3, 0.4) is 0 Å². The van der Waals surface area contributed by atoms with Crippen LogP contribution in [0.1, 0.15) is 174 Å². The van der Waals surface area contributed by atoms with Gasteiger partial charge in [-0.1, -0.05) is 140 Å². The summed E-state index contributed by atoms with van der Waals surface area (Å²) in [6.45, 7) is 9.59. The fourth-order valence-corrected chi connectivity index (χ4v) is 6.66. The van der Waals surface area contributed by atoms with Crippen LogP contribution in [-0.2, 0) is 14.3 Å². The van der Waals surface area contributed by atoms with Gasteiger partial charge in [0.25, 0.3) is 0 Å². The van der Waals surface area contributed by atoms with Crippen molar-refractivity contribution in [1.82, 2.24) is 4.90 Å². The van der Waals surface area contributed by atoms with Gasteiger partial charge >= 0.3 is 0 Å². The molecule has 290 valence electrons. The largest absolute Gasteiger partial charge is 0.381 e. The normalized spacial score (nSPS) is 16.8. The van der Waals surface area contributed by atoms with E-state index < -0.39 is 0 Å². The molecule has 0 aromatic rings. The van der Waals surface area contributed by atoms with E-state index in [9.17, 15) is 4.79 Å². The van der Waals surface area contributed by atoms with Gasteiger partial charge in [0.05, 0.1) is 13.2 Å². The van der Waals surface area contributed by atoms with Crippen LogP contribution < -0.4 is 5.73 Å². The number of amides is 1. The van der Waals surface area contributed by atoms with Crippen molar-refractivity contribution in [3.63, 3.8) is 0 Å². The highest BCUT2D eigenvalue weighted by Gasteiger charge is 2.35. The summed E-state index contributed by atoms with van der Waals surface area (Å²) in [4.78, 5) is 14.6. The number of hydrogen-bond donors (Lipinski definition) is 1. The Morgan fingerprint density at radius 1 is 0.540 bits per heavy atom. The van der Waals surface area contributed by atoms with Crippen molar-refractivity contribution in [3.05, 3.63) is 48.6 Å². The zero-order chi connectivity index (χ0) is 36.0. The molecule has 0 aromatic carbocycles. The van der Waals surface area contributed by atoms with Crippen molar-refractivity contribution in [1.29, 1.82) is 0 Å². The van der Waals surface area contributed by atoms with Crippen LogP contribution in [-0.4, -0.2) is 56.9 Å². The number of likely N-dealkylation sites (tertiary alicyclic amines) is 1. The first-order valence-corrected chi connectivity index (χ1v) is 21.5. The summed E-state index contributed by atoms with van der Waals surface area (Å²) in [6, 6.07) is 0. The second kappa shape index (κ2) is 37.1. The minimum Gasteiger partial charge on any atom is -0.381 e. The first-order valence-electron chi connectivity index (χ1n) is 21.5. The Labute approximate surface area is 311 Å². The van der Waals surface area contributed by atoms with Gasteiger partial charge in [0.2, 0.25) is 5.91 Å². The first-order chi connectivity index (χ1) is 24.7. The molecule has 0 bridgehead atoms. The van der Waals surface area contributed by atoms with Gasteiger partial charge in [-0.05, 0) is 77.0 Å². The monoisotopic (exact) mass is 699 g/mol. The molecule has 0 spiro atoms. The summed E-state index contributed by atoms with van der Waals surface area (Å²) in [7, 11) is 0. The molecule has 1 heterocycles. The van der Waals surface area contributed by atoms with Crippen LogP contribution >= 0.6 is 0 Å². The van der Waals surface area contributed by atoms with Gasteiger partial charge < -0.3 is 20.1 Å². The Hall–Kier alpha value is -1.69. The predicted molar refractivity (Wildman–Crippen MR) is 218 cm³/mol. The summed E-state index contributed by atoms with van der Waals surface area (Å²) in [5, 5.41) is 0. The molecule has 0 saturated carbocycles. The fourth-order valence-electron chi connectivity index (χ4n) is 6.66. The lowest BCUT2D eigenvalue weighted by molar-refractivity contribution is -0.130. The molecule has 0 aromatic heterocycles. The van der Waals surface area contributed by atoms with Gasteiger partial charge in [0.15, 0.2) is 0 Å². The third-order valence-electron chi connectivity index (χ3n) is 9.93. The van der Waals surface area contributed by atoms with E-state index in [1.165, 1.54) is 128 Å². The average molecular weight is 699 g/mol. The Kier molecular flexibility index (Phi) is 34.4. The van der Waals surface area contributed by atoms with Crippen molar-refractivity contribution in [2.75, 3.05) is 46.1 Å².